The number of aryl methyl sites for hydroxylation is 1. The van der Waals surface area contributed by atoms with Crippen molar-refractivity contribution in [2.24, 2.45) is 0 Å². The molecule has 0 amide bonds. The number of thiol groups is 1. The first-order chi connectivity index (χ1) is 5.34. The molecule has 0 aromatic heterocycles. The molecular weight excluding hydrogens is 156 g/mol. The second kappa shape index (κ2) is 4.29. The van der Waals surface area contributed by atoms with E-state index in [0.29, 0.717) is 5.75 Å². The van der Waals surface area contributed by atoms with Crippen LogP contribution >= 0.6 is 12.6 Å². The minimum Gasteiger partial charge on any atom is -0.508 e. The number of phenolic OH excluding ortho intramolecular Hbond substituents is 1. The first-order valence-electron chi connectivity index (χ1n) is 3.72. The zero-order chi connectivity index (χ0) is 8.10. The largest absolute Gasteiger partial charge is 0.508 e. The Hall–Kier alpha value is -0.630. The Bertz CT molecular complexity index is 223. The second-order valence-electron chi connectivity index (χ2n) is 2.46. The molecule has 0 heterocycles. The van der Waals surface area contributed by atoms with E-state index in [1.165, 1.54) is 0 Å². The summed E-state index contributed by atoms with van der Waals surface area (Å²) >= 11 is 4.10. The summed E-state index contributed by atoms with van der Waals surface area (Å²) in [6.07, 6.45) is 1.93. The first-order valence-corrected chi connectivity index (χ1v) is 4.35. The summed E-state index contributed by atoms with van der Waals surface area (Å²) in [6, 6.07) is 7.43. The summed E-state index contributed by atoms with van der Waals surface area (Å²) in [5, 5.41) is 9.31. The van der Waals surface area contributed by atoms with Gasteiger partial charge in [-0.2, -0.15) is 12.6 Å². The fraction of sp³-hybridized carbons (Fsp3) is 0.333. The number of benzene rings is 1. The molecule has 11 heavy (non-hydrogen) atoms. The van der Waals surface area contributed by atoms with Gasteiger partial charge in [-0.15, -0.1) is 0 Å². The molecule has 1 aromatic carbocycles. The molecule has 0 spiro atoms. The number of para-hydroxylation sites is 1. The van der Waals surface area contributed by atoms with Crippen LogP contribution in [0, 0.1) is 0 Å². The molecule has 2 heteroatoms. The average molecular weight is 168 g/mol. The van der Waals surface area contributed by atoms with Crippen molar-refractivity contribution in [1.82, 2.24) is 0 Å². The molecule has 0 unspecified atom stereocenters. The van der Waals surface area contributed by atoms with E-state index in [4.69, 9.17) is 0 Å². The summed E-state index contributed by atoms with van der Waals surface area (Å²) < 4.78 is 0. The fourth-order valence-electron chi connectivity index (χ4n) is 0.992. The Morgan fingerprint density at radius 2 is 2.00 bits per heavy atom. The highest BCUT2D eigenvalue weighted by Crippen LogP contribution is 2.16. The van der Waals surface area contributed by atoms with Gasteiger partial charge in [0.2, 0.25) is 0 Å². The summed E-state index contributed by atoms with van der Waals surface area (Å²) in [5.41, 5.74) is 1.02. The van der Waals surface area contributed by atoms with Gasteiger partial charge in [0, 0.05) is 0 Å². The third-order valence-corrected chi connectivity index (χ3v) is 1.91. The molecule has 0 aliphatic heterocycles. The lowest BCUT2D eigenvalue weighted by atomic mass is 10.1. The smallest absolute Gasteiger partial charge is 0.118 e. The Morgan fingerprint density at radius 3 is 2.64 bits per heavy atom. The number of hydrogen-bond acceptors (Lipinski definition) is 2. The van der Waals surface area contributed by atoms with Crippen LogP contribution in [-0.2, 0) is 6.42 Å². The van der Waals surface area contributed by atoms with Gasteiger partial charge in [0.25, 0.3) is 0 Å². The lowest BCUT2D eigenvalue weighted by Gasteiger charge is -2.01. The third kappa shape index (κ3) is 2.46. The molecule has 1 N–H and O–H groups in total. The number of hydrogen-bond donors (Lipinski definition) is 2. The topological polar surface area (TPSA) is 20.2 Å². The minimum absolute atomic E-state index is 0.397. The predicted molar refractivity (Wildman–Crippen MR) is 50.3 cm³/mol. The molecule has 0 aliphatic carbocycles. The molecule has 0 saturated carbocycles. The number of rotatable bonds is 3. The normalized spacial score (nSPS) is 9.91. The monoisotopic (exact) mass is 168 g/mol. The van der Waals surface area contributed by atoms with Crippen LogP contribution in [-0.4, -0.2) is 10.9 Å². The van der Waals surface area contributed by atoms with Crippen LogP contribution < -0.4 is 0 Å². The van der Waals surface area contributed by atoms with Crippen LogP contribution in [0.1, 0.15) is 12.0 Å². The van der Waals surface area contributed by atoms with E-state index in [9.17, 15) is 5.11 Å². The highest BCUT2D eigenvalue weighted by atomic mass is 32.1. The van der Waals surface area contributed by atoms with Crippen LogP contribution in [0.5, 0.6) is 5.75 Å². The summed E-state index contributed by atoms with van der Waals surface area (Å²) in [5.74, 6) is 1.27. The molecule has 0 aliphatic rings. The predicted octanol–water partition coefficient (Wildman–Crippen LogP) is 2.25. The van der Waals surface area contributed by atoms with Crippen molar-refractivity contribution in [2.45, 2.75) is 12.8 Å². The molecule has 1 nitrogen and oxygen atoms in total. The van der Waals surface area contributed by atoms with E-state index in [0.717, 1.165) is 24.2 Å². The Balaban J connectivity index is 2.62. The minimum atomic E-state index is 0.397. The van der Waals surface area contributed by atoms with Gasteiger partial charge in [-0.25, -0.2) is 0 Å². The van der Waals surface area contributed by atoms with E-state index in [1.807, 2.05) is 18.2 Å². The van der Waals surface area contributed by atoms with Gasteiger partial charge in [0.05, 0.1) is 0 Å². The molecule has 1 aromatic rings. The molecule has 0 saturated heterocycles. The lowest BCUT2D eigenvalue weighted by molar-refractivity contribution is 0.468. The highest BCUT2D eigenvalue weighted by molar-refractivity contribution is 7.80. The summed E-state index contributed by atoms with van der Waals surface area (Å²) in [4.78, 5) is 0. The maximum absolute atomic E-state index is 9.31. The maximum Gasteiger partial charge on any atom is 0.118 e. The molecule has 60 valence electrons. The SMILES string of the molecule is Oc1ccccc1CCCS. The van der Waals surface area contributed by atoms with Gasteiger partial charge in [-0.1, -0.05) is 18.2 Å². The number of phenols is 1. The van der Waals surface area contributed by atoms with E-state index >= 15 is 0 Å². The Morgan fingerprint density at radius 1 is 1.27 bits per heavy atom. The van der Waals surface area contributed by atoms with Crippen molar-refractivity contribution in [1.29, 1.82) is 0 Å². The standard InChI is InChI=1S/C9H12OS/c10-9-6-2-1-4-8(9)5-3-7-11/h1-2,4,6,10-11H,3,5,7H2. The van der Waals surface area contributed by atoms with E-state index in [2.05, 4.69) is 12.6 Å². The van der Waals surface area contributed by atoms with Gasteiger partial charge >= 0.3 is 0 Å². The quantitative estimate of drug-likeness (QED) is 0.663. The zero-order valence-electron chi connectivity index (χ0n) is 6.33. The molecule has 0 atom stereocenters. The fourth-order valence-corrected chi connectivity index (χ4v) is 1.15. The van der Waals surface area contributed by atoms with E-state index < -0.39 is 0 Å². The summed E-state index contributed by atoms with van der Waals surface area (Å²) in [6.45, 7) is 0. The van der Waals surface area contributed by atoms with Gasteiger partial charge in [-0.3, -0.25) is 0 Å². The van der Waals surface area contributed by atoms with Crippen molar-refractivity contribution >= 4 is 12.6 Å². The van der Waals surface area contributed by atoms with Crippen LogP contribution in [0.3, 0.4) is 0 Å². The first kappa shape index (κ1) is 8.47. The molecule has 0 fully saturated rings. The van der Waals surface area contributed by atoms with Crippen molar-refractivity contribution in [3.8, 4) is 5.75 Å². The highest BCUT2D eigenvalue weighted by Gasteiger charge is 1.96. The van der Waals surface area contributed by atoms with Crippen LogP contribution in [0.4, 0.5) is 0 Å². The van der Waals surface area contributed by atoms with Crippen molar-refractivity contribution in [3.05, 3.63) is 29.8 Å². The van der Waals surface area contributed by atoms with E-state index in [1.54, 1.807) is 6.07 Å². The van der Waals surface area contributed by atoms with Gasteiger partial charge in [0.1, 0.15) is 5.75 Å². The van der Waals surface area contributed by atoms with Crippen molar-refractivity contribution < 1.29 is 5.11 Å². The van der Waals surface area contributed by atoms with Gasteiger partial charge < -0.3 is 5.11 Å². The zero-order valence-corrected chi connectivity index (χ0v) is 7.22. The molecule has 1 rings (SSSR count). The average Bonchev–Trinajstić information content (AvgIpc) is 2.03. The Labute approximate surface area is 72.5 Å². The van der Waals surface area contributed by atoms with Gasteiger partial charge in [-0.05, 0) is 30.2 Å². The molecule has 0 radical (unpaired) electrons. The van der Waals surface area contributed by atoms with Gasteiger partial charge in [0.15, 0.2) is 0 Å². The van der Waals surface area contributed by atoms with Crippen LogP contribution in [0.15, 0.2) is 24.3 Å². The van der Waals surface area contributed by atoms with Crippen LogP contribution in [0.25, 0.3) is 0 Å². The molecular formula is C9H12OS. The van der Waals surface area contributed by atoms with Crippen LogP contribution in [0.2, 0.25) is 0 Å². The lowest BCUT2D eigenvalue weighted by Crippen LogP contribution is -1.85. The third-order valence-electron chi connectivity index (χ3n) is 1.60. The van der Waals surface area contributed by atoms with Crippen molar-refractivity contribution in [2.75, 3.05) is 5.75 Å². The van der Waals surface area contributed by atoms with E-state index in [-0.39, 0.29) is 0 Å². The van der Waals surface area contributed by atoms with Crippen molar-refractivity contribution in [3.63, 3.8) is 0 Å². The maximum atomic E-state index is 9.31. The second-order valence-corrected chi connectivity index (χ2v) is 2.90. The molecule has 0 bridgehead atoms. The number of aromatic hydroxyl groups is 1. The summed E-state index contributed by atoms with van der Waals surface area (Å²) in [7, 11) is 0. The Kier molecular flexibility index (Phi) is 3.30.